The second-order valence-corrected chi connectivity index (χ2v) is 7.27. The van der Waals surface area contributed by atoms with Gasteiger partial charge >= 0.3 is 0 Å². The summed E-state index contributed by atoms with van der Waals surface area (Å²) < 4.78 is 38.9. The lowest BCUT2D eigenvalue weighted by Gasteiger charge is -2.19. The Bertz CT molecular complexity index is 943. The summed E-state index contributed by atoms with van der Waals surface area (Å²) in [5.74, 6) is 0.897. The molecule has 2 aromatic carbocycles. The van der Waals surface area contributed by atoms with Gasteiger partial charge in [0.15, 0.2) is 0 Å². The van der Waals surface area contributed by atoms with E-state index in [9.17, 15) is 13.2 Å². The summed E-state index contributed by atoms with van der Waals surface area (Å²) in [5.41, 5.74) is 0.754. The molecule has 1 amide bonds. The van der Waals surface area contributed by atoms with Crippen LogP contribution in [0.3, 0.4) is 0 Å². The number of carbonyl (C=O) groups is 1. The minimum absolute atomic E-state index is 0.0535. The Kier molecular flexibility index (Phi) is 6.29. The van der Waals surface area contributed by atoms with Crippen LogP contribution in [0.15, 0.2) is 41.3 Å². The first-order chi connectivity index (χ1) is 12.7. The molecule has 0 bridgehead atoms. The molecule has 0 saturated heterocycles. The fraction of sp³-hybridized carbons (Fsp3) is 0.278. The van der Waals surface area contributed by atoms with E-state index in [2.05, 4.69) is 5.32 Å². The second-order valence-electron chi connectivity index (χ2n) is 5.71. The predicted octanol–water partition coefficient (Wildman–Crippen LogP) is 1.85. The van der Waals surface area contributed by atoms with Crippen LogP contribution in [0.5, 0.6) is 17.2 Å². The lowest BCUT2D eigenvalue weighted by Crippen LogP contribution is -2.27. The molecule has 0 aliphatic heterocycles. The highest BCUT2D eigenvalue weighted by Gasteiger charge is 2.21. The van der Waals surface area contributed by atoms with Crippen LogP contribution < -0.4 is 24.7 Å². The van der Waals surface area contributed by atoms with Gasteiger partial charge in [0, 0.05) is 5.56 Å². The predicted molar refractivity (Wildman–Crippen MR) is 99.8 cm³/mol. The number of rotatable bonds is 7. The number of amides is 1. The quantitative estimate of drug-likeness (QED) is 0.740. The number of methoxy groups -OCH3 is 3. The van der Waals surface area contributed by atoms with Gasteiger partial charge in [-0.25, -0.2) is 13.6 Å². The molecule has 0 aliphatic rings. The molecule has 1 unspecified atom stereocenters. The summed E-state index contributed by atoms with van der Waals surface area (Å²) in [7, 11) is 0.496. The lowest BCUT2D eigenvalue weighted by molar-refractivity contribution is 0.0936. The van der Waals surface area contributed by atoms with Gasteiger partial charge in [0.05, 0.1) is 37.8 Å². The molecule has 0 aromatic heterocycles. The van der Waals surface area contributed by atoms with Crippen molar-refractivity contribution in [2.75, 3.05) is 21.3 Å². The molecular formula is C18H22N2O6S. The maximum absolute atomic E-state index is 12.7. The number of hydrogen-bond donors (Lipinski definition) is 2. The van der Waals surface area contributed by atoms with E-state index in [1.807, 2.05) is 0 Å². The van der Waals surface area contributed by atoms with E-state index in [1.54, 1.807) is 32.2 Å². The largest absolute Gasteiger partial charge is 0.497 e. The molecule has 0 radical (unpaired) electrons. The highest BCUT2D eigenvalue weighted by molar-refractivity contribution is 7.89. The molecular weight excluding hydrogens is 372 g/mol. The number of benzene rings is 2. The van der Waals surface area contributed by atoms with Crippen molar-refractivity contribution in [3.63, 3.8) is 0 Å². The lowest BCUT2D eigenvalue weighted by atomic mass is 10.1. The van der Waals surface area contributed by atoms with Crippen LogP contribution in [-0.2, 0) is 10.0 Å². The molecule has 9 heteroatoms. The molecule has 0 aliphatic carbocycles. The van der Waals surface area contributed by atoms with Crippen molar-refractivity contribution in [2.45, 2.75) is 17.9 Å². The van der Waals surface area contributed by atoms with Gasteiger partial charge in [0.2, 0.25) is 10.0 Å². The van der Waals surface area contributed by atoms with Gasteiger partial charge in [-0.3, -0.25) is 4.79 Å². The zero-order chi connectivity index (χ0) is 20.2. The molecule has 2 aromatic rings. The topological polar surface area (TPSA) is 117 Å². The first kappa shape index (κ1) is 20.5. The van der Waals surface area contributed by atoms with Crippen LogP contribution in [0, 0.1) is 0 Å². The van der Waals surface area contributed by atoms with E-state index in [1.165, 1.54) is 32.4 Å². The Labute approximate surface area is 158 Å². The van der Waals surface area contributed by atoms with Gasteiger partial charge in [0.25, 0.3) is 5.91 Å². The van der Waals surface area contributed by atoms with E-state index in [0.29, 0.717) is 17.1 Å². The third-order valence-electron chi connectivity index (χ3n) is 4.00. The maximum Gasteiger partial charge on any atom is 0.255 e. The summed E-state index contributed by atoms with van der Waals surface area (Å²) in [6, 6.07) is 8.62. The summed E-state index contributed by atoms with van der Waals surface area (Å²) in [6.07, 6.45) is 0. The number of sulfonamides is 1. The van der Waals surface area contributed by atoms with E-state index in [0.717, 1.165) is 0 Å². The van der Waals surface area contributed by atoms with E-state index in [4.69, 9.17) is 19.3 Å². The first-order valence-electron chi connectivity index (χ1n) is 7.95. The summed E-state index contributed by atoms with van der Waals surface area (Å²) in [5, 5.41) is 7.95. The number of primary sulfonamides is 1. The van der Waals surface area contributed by atoms with Crippen molar-refractivity contribution in [3.8, 4) is 17.2 Å². The standard InChI is InChI=1S/C18H22N2O6S/c1-11(14-9-12(24-2)5-7-16(14)25-3)20-18(21)15-10-13(27(19,22)23)6-8-17(15)26-4/h5-11H,1-4H3,(H,20,21)(H2,19,22,23). The third-order valence-corrected chi connectivity index (χ3v) is 4.91. The SMILES string of the molecule is COc1ccc(OC)c(C(C)NC(=O)c2cc(S(N)(=O)=O)ccc2OC)c1. The molecule has 0 spiro atoms. The molecule has 8 nitrogen and oxygen atoms in total. The fourth-order valence-electron chi connectivity index (χ4n) is 2.57. The average Bonchev–Trinajstić information content (AvgIpc) is 2.65. The highest BCUT2D eigenvalue weighted by Crippen LogP contribution is 2.30. The van der Waals surface area contributed by atoms with Gasteiger partial charge in [0.1, 0.15) is 17.2 Å². The van der Waals surface area contributed by atoms with Crippen LogP contribution in [0.25, 0.3) is 0 Å². The van der Waals surface area contributed by atoms with Crippen molar-refractivity contribution < 1.29 is 27.4 Å². The van der Waals surface area contributed by atoms with Gasteiger partial charge in [-0.2, -0.15) is 0 Å². The van der Waals surface area contributed by atoms with Crippen LogP contribution in [0.4, 0.5) is 0 Å². The Morgan fingerprint density at radius 3 is 2.19 bits per heavy atom. The fourth-order valence-corrected chi connectivity index (χ4v) is 3.11. The highest BCUT2D eigenvalue weighted by atomic mass is 32.2. The Morgan fingerprint density at radius 2 is 1.63 bits per heavy atom. The molecule has 146 valence electrons. The Hall–Kier alpha value is -2.78. The van der Waals surface area contributed by atoms with Gasteiger partial charge in [-0.05, 0) is 43.3 Å². The molecule has 3 N–H and O–H groups in total. The van der Waals surface area contributed by atoms with E-state index >= 15 is 0 Å². The maximum atomic E-state index is 12.7. The number of nitrogens with two attached hydrogens (primary N) is 1. The van der Waals surface area contributed by atoms with Crippen molar-refractivity contribution in [1.82, 2.24) is 5.32 Å². The van der Waals surface area contributed by atoms with Crippen LogP contribution >= 0.6 is 0 Å². The molecule has 0 heterocycles. The molecule has 1 atom stereocenters. The van der Waals surface area contributed by atoms with Gasteiger partial charge < -0.3 is 19.5 Å². The normalized spacial score (nSPS) is 12.2. The molecule has 0 fully saturated rings. The summed E-state index contributed by atoms with van der Waals surface area (Å²) in [4.78, 5) is 12.6. The summed E-state index contributed by atoms with van der Waals surface area (Å²) in [6.45, 7) is 1.77. The third kappa shape index (κ3) is 4.69. The van der Waals surface area contributed by atoms with E-state index < -0.39 is 22.0 Å². The zero-order valence-electron chi connectivity index (χ0n) is 15.5. The van der Waals surface area contributed by atoms with Crippen molar-refractivity contribution in [1.29, 1.82) is 0 Å². The minimum atomic E-state index is -3.96. The number of hydrogen-bond acceptors (Lipinski definition) is 6. The smallest absolute Gasteiger partial charge is 0.255 e. The first-order valence-corrected chi connectivity index (χ1v) is 9.49. The molecule has 2 rings (SSSR count). The van der Waals surface area contributed by atoms with Crippen molar-refractivity contribution in [3.05, 3.63) is 47.5 Å². The number of ether oxygens (including phenoxy) is 3. The van der Waals surface area contributed by atoms with Crippen LogP contribution in [0.1, 0.15) is 28.9 Å². The number of nitrogens with one attached hydrogen (secondary N) is 1. The molecule has 0 saturated carbocycles. The molecule has 27 heavy (non-hydrogen) atoms. The van der Waals surface area contributed by atoms with Crippen molar-refractivity contribution >= 4 is 15.9 Å². The monoisotopic (exact) mass is 394 g/mol. The number of carbonyl (C=O) groups excluding carboxylic acids is 1. The van der Waals surface area contributed by atoms with Gasteiger partial charge in [-0.15, -0.1) is 0 Å². The van der Waals surface area contributed by atoms with Crippen LogP contribution in [-0.4, -0.2) is 35.7 Å². The summed E-state index contributed by atoms with van der Waals surface area (Å²) >= 11 is 0. The van der Waals surface area contributed by atoms with Gasteiger partial charge in [-0.1, -0.05) is 0 Å². The Balaban J connectivity index is 2.37. The van der Waals surface area contributed by atoms with Crippen LogP contribution in [0.2, 0.25) is 0 Å². The second kappa shape index (κ2) is 8.28. The van der Waals surface area contributed by atoms with E-state index in [-0.39, 0.29) is 16.2 Å². The zero-order valence-corrected chi connectivity index (χ0v) is 16.3. The Morgan fingerprint density at radius 1 is 1.00 bits per heavy atom. The van der Waals surface area contributed by atoms with Crippen molar-refractivity contribution in [2.24, 2.45) is 5.14 Å². The average molecular weight is 394 g/mol. The minimum Gasteiger partial charge on any atom is -0.497 e.